The Hall–Kier alpha value is -3.10. The summed E-state index contributed by atoms with van der Waals surface area (Å²) in [6.45, 7) is 2.24. The number of hydrogen-bond acceptors (Lipinski definition) is 5. The van der Waals surface area contributed by atoms with Crippen LogP contribution in [0.15, 0.2) is 24.3 Å². The van der Waals surface area contributed by atoms with Crippen LogP contribution in [0, 0.1) is 0 Å². The molecule has 4 rings (SSSR count). The van der Waals surface area contributed by atoms with E-state index >= 15 is 0 Å². The number of imide groups is 1. The van der Waals surface area contributed by atoms with Gasteiger partial charge in [-0.15, -0.1) is 0 Å². The van der Waals surface area contributed by atoms with Crippen LogP contribution in [-0.2, 0) is 14.4 Å². The second-order valence-corrected chi connectivity index (χ2v) is 7.02. The van der Waals surface area contributed by atoms with Gasteiger partial charge in [0.15, 0.2) is 6.10 Å². The number of benzene rings is 1. The normalized spacial score (nSPS) is 23.6. The Morgan fingerprint density at radius 1 is 1.22 bits per heavy atom. The molecule has 3 aliphatic heterocycles. The predicted octanol–water partition coefficient (Wildman–Crippen LogP) is 0.00110. The van der Waals surface area contributed by atoms with Crippen molar-refractivity contribution in [2.45, 2.75) is 31.4 Å². The van der Waals surface area contributed by atoms with Gasteiger partial charge in [0.05, 0.1) is 5.69 Å². The molecule has 2 saturated heterocycles. The molecule has 3 heterocycles. The van der Waals surface area contributed by atoms with E-state index in [1.54, 1.807) is 30.0 Å². The summed E-state index contributed by atoms with van der Waals surface area (Å²) < 4.78 is 5.59. The predicted molar refractivity (Wildman–Crippen MR) is 94.1 cm³/mol. The van der Waals surface area contributed by atoms with Gasteiger partial charge in [0.1, 0.15) is 17.8 Å². The molecule has 9 heteroatoms. The van der Waals surface area contributed by atoms with E-state index in [2.05, 4.69) is 10.6 Å². The van der Waals surface area contributed by atoms with Gasteiger partial charge in [-0.25, -0.2) is 4.79 Å². The molecular formula is C18H20N4O5. The number of carbonyl (C=O) groups excluding carboxylic acids is 4. The molecule has 5 amide bonds. The van der Waals surface area contributed by atoms with Crippen LogP contribution in [0.2, 0.25) is 0 Å². The molecular weight excluding hydrogens is 352 g/mol. The first kappa shape index (κ1) is 17.3. The van der Waals surface area contributed by atoms with Gasteiger partial charge in [-0.3, -0.25) is 24.6 Å². The van der Waals surface area contributed by atoms with E-state index < -0.39 is 17.7 Å². The van der Waals surface area contributed by atoms with Gasteiger partial charge in [-0.05, 0) is 31.9 Å². The molecule has 27 heavy (non-hydrogen) atoms. The SMILES string of the molecule is CC1Oc2ccccc2N(CC(=O)N2CCC3(CC2)NC(=O)NC3=O)C1=O. The number of piperidine rings is 1. The van der Waals surface area contributed by atoms with Gasteiger partial charge in [0, 0.05) is 13.1 Å². The number of carbonyl (C=O) groups is 4. The highest BCUT2D eigenvalue weighted by Crippen LogP contribution is 2.34. The van der Waals surface area contributed by atoms with Crippen LogP contribution in [0.4, 0.5) is 10.5 Å². The summed E-state index contributed by atoms with van der Waals surface area (Å²) in [6, 6.07) is 6.61. The molecule has 1 aromatic carbocycles. The topological polar surface area (TPSA) is 108 Å². The van der Waals surface area contributed by atoms with Crippen molar-refractivity contribution in [3.05, 3.63) is 24.3 Å². The van der Waals surface area contributed by atoms with Crippen molar-refractivity contribution in [2.75, 3.05) is 24.5 Å². The standard InChI is InChI=1S/C18H20N4O5/c1-11-15(24)22(12-4-2-3-5-13(12)27-11)10-14(23)21-8-6-18(7-9-21)16(25)19-17(26)20-18/h2-5,11H,6-10H2,1H3,(H2,19,20,25,26). The van der Waals surface area contributed by atoms with E-state index in [1.807, 2.05) is 6.07 Å². The number of ether oxygens (including phenoxy) is 1. The van der Waals surface area contributed by atoms with Crippen LogP contribution < -0.4 is 20.3 Å². The number of nitrogens with zero attached hydrogens (tertiary/aromatic N) is 2. The Bertz CT molecular complexity index is 831. The molecule has 0 saturated carbocycles. The Morgan fingerprint density at radius 3 is 2.59 bits per heavy atom. The minimum atomic E-state index is -0.927. The molecule has 0 aliphatic carbocycles. The van der Waals surface area contributed by atoms with Gasteiger partial charge in [-0.2, -0.15) is 0 Å². The average Bonchev–Trinajstić information content (AvgIpc) is 2.92. The zero-order chi connectivity index (χ0) is 19.2. The summed E-state index contributed by atoms with van der Waals surface area (Å²) in [5.41, 5.74) is -0.353. The van der Waals surface area contributed by atoms with Crippen molar-refractivity contribution in [2.24, 2.45) is 0 Å². The minimum absolute atomic E-state index is 0.0882. The maximum atomic E-state index is 12.8. The zero-order valence-electron chi connectivity index (χ0n) is 14.9. The lowest BCUT2D eigenvalue weighted by Crippen LogP contribution is -2.57. The molecule has 2 fully saturated rings. The molecule has 142 valence electrons. The molecule has 2 N–H and O–H groups in total. The third kappa shape index (κ3) is 2.88. The maximum absolute atomic E-state index is 12.8. The first-order valence-corrected chi connectivity index (χ1v) is 8.88. The fourth-order valence-corrected chi connectivity index (χ4v) is 3.78. The first-order valence-electron chi connectivity index (χ1n) is 8.88. The van der Waals surface area contributed by atoms with Gasteiger partial charge < -0.3 is 15.0 Å². The molecule has 1 aromatic rings. The van der Waals surface area contributed by atoms with E-state index in [0.29, 0.717) is 37.4 Å². The number of likely N-dealkylation sites (tertiary alicyclic amines) is 1. The molecule has 0 aromatic heterocycles. The fourth-order valence-electron chi connectivity index (χ4n) is 3.78. The summed E-state index contributed by atoms with van der Waals surface area (Å²) in [4.78, 5) is 51.8. The Kier molecular flexibility index (Phi) is 4.01. The van der Waals surface area contributed by atoms with E-state index in [9.17, 15) is 19.2 Å². The van der Waals surface area contributed by atoms with E-state index in [4.69, 9.17) is 4.74 Å². The largest absolute Gasteiger partial charge is 0.479 e. The van der Waals surface area contributed by atoms with Crippen LogP contribution in [-0.4, -0.2) is 59.9 Å². The first-order chi connectivity index (χ1) is 12.9. The van der Waals surface area contributed by atoms with Crippen molar-refractivity contribution in [3.63, 3.8) is 0 Å². The number of rotatable bonds is 2. The lowest BCUT2D eigenvalue weighted by molar-refractivity contribution is -0.136. The summed E-state index contributed by atoms with van der Waals surface area (Å²) >= 11 is 0. The number of fused-ring (bicyclic) bond motifs is 1. The Morgan fingerprint density at radius 2 is 1.93 bits per heavy atom. The number of urea groups is 1. The lowest BCUT2D eigenvalue weighted by atomic mass is 9.87. The molecule has 1 atom stereocenters. The fraction of sp³-hybridized carbons (Fsp3) is 0.444. The maximum Gasteiger partial charge on any atom is 0.322 e. The molecule has 9 nitrogen and oxygen atoms in total. The highest BCUT2D eigenvalue weighted by atomic mass is 16.5. The van der Waals surface area contributed by atoms with Crippen molar-refractivity contribution in [1.29, 1.82) is 0 Å². The number of para-hydroxylation sites is 2. The summed E-state index contributed by atoms with van der Waals surface area (Å²) in [6.07, 6.45) is 0.0375. The second kappa shape index (κ2) is 6.26. The lowest BCUT2D eigenvalue weighted by Gasteiger charge is -2.38. The van der Waals surface area contributed by atoms with Gasteiger partial charge in [0.2, 0.25) is 5.91 Å². The molecule has 0 radical (unpaired) electrons. The van der Waals surface area contributed by atoms with Gasteiger partial charge in [-0.1, -0.05) is 12.1 Å². The molecule has 1 unspecified atom stereocenters. The summed E-state index contributed by atoms with van der Waals surface area (Å²) in [7, 11) is 0. The highest BCUT2D eigenvalue weighted by Gasteiger charge is 2.48. The molecule has 1 spiro atoms. The number of nitrogens with one attached hydrogen (secondary N) is 2. The number of amides is 5. The van der Waals surface area contributed by atoms with E-state index in [-0.39, 0.29) is 24.3 Å². The van der Waals surface area contributed by atoms with Crippen LogP contribution in [0.5, 0.6) is 5.75 Å². The average molecular weight is 372 g/mol. The second-order valence-electron chi connectivity index (χ2n) is 7.02. The monoisotopic (exact) mass is 372 g/mol. The third-order valence-electron chi connectivity index (χ3n) is 5.35. The summed E-state index contributed by atoms with van der Waals surface area (Å²) in [5, 5.41) is 4.92. The zero-order valence-corrected chi connectivity index (χ0v) is 14.9. The Labute approximate surface area is 155 Å². The van der Waals surface area contributed by atoms with E-state index in [0.717, 1.165) is 0 Å². The molecule has 0 bridgehead atoms. The molecule has 3 aliphatic rings. The van der Waals surface area contributed by atoms with Crippen molar-refractivity contribution in [3.8, 4) is 5.75 Å². The van der Waals surface area contributed by atoms with Gasteiger partial charge >= 0.3 is 6.03 Å². The van der Waals surface area contributed by atoms with Crippen LogP contribution >= 0.6 is 0 Å². The smallest absolute Gasteiger partial charge is 0.322 e. The van der Waals surface area contributed by atoms with Crippen molar-refractivity contribution >= 4 is 29.4 Å². The summed E-state index contributed by atoms with van der Waals surface area (Å²) in [5.74, 6) is -0.240. The third-order valence-corrected chi connectivity index (χ3v) is 5.35. The van der Waals surface area contributed by atoms with Crippen LogP contribution in [0.3, 0.4) is 0 Å². The highest BCUT2D eigenvalue weighted by molar-refractivity contribution is 6.07. The minimum Gasteiger partial charge on any atom is -0.479 e. The number of hydrogen-bond donors (Lipinski definition) is 2. The Balaban J connectivity index is 1.45. The quantitative estimate of drug-likeness (QED) is 0.711. The van der Waals surface area contributed by atoms with E-state index in [1.165, 1.54) is 4.90 Å². The van der Waals surface area contributed by atoms with Crippen molar-refractivity contribution < 1.29 is 23.9 Å². The van der Waals surface area contributed by atoms with Gasteiger partial charge in [0.25, 0.3) is 11.8 Å². The van der Waals surface area contributed by atoms with Crippen LogP contribution in [0.25, 0.3) is 0 Å². The van der Waals surface area contributed by atoms with Crippen molar-refractivity contribution in [1.82, 2.24) is 15.5 Å². The number of anilines is 1. The van der Waals surface area contributed by atoms with Crippen LogP contribution in [0.1, 0.15) is 19.8 Å².